The van der Waals surface area contributed by atoms with E-state index in [0.717, 1.165) is 10.7 Å². The largest absolute Gasteiger partial charge is 0.437 e. The summed E-state index contributed by atoms with van der Waals surface area (Å²) in [6, 6.07) is 7.18. The van der Waals surface area contributed by atoms with Crippen LogP contribution in [0.1, 0.15) is 44.7 Å². The maximum Gasteiger partial charge on any atom is 0.437 e. The lowest BCUT2D eigenvalue weighted by Crippen LogP contribution is -2.50. The first-order valence-electron chi connectivity index (χ1n) is 13.2. The Balaban J connectivity index is 1.74. The summed E-state index contributed by atoms with van der Waals surface area (Å²) in [5, 5.41) is 16.3. The normalized spacial score (nSPS) is 13.0. The van der Waals surface area contributed by atoms with Crippen molar-refractivity contribution in [2.45, 2.75) is 44.5 Å². The summed E-state index contributed by atoms with van der Waals surface area (Å²) in [5.74, 6) is -0.700. The molecule has 2 N–H and O–H groups in total. The fourth-order valence-electron chi connectivity index (χ4n) is 4.35. The topological polar surface area (TPSA) is 120 Å². The highest BCUT2D eigenvalue weighted by Crippen LogP contribution is 2.52. The molecule has 3 heterocycles. The van der Waals surface area contributed by atoms with Gasteiger partial charge in [0.1, 0.15) is 17.9 Å². The van der Waals surface area contributed by atoms with Crippen molar-refractivity contribution in [3.05, 3.63) is 79.5 Å². The van der Waals surface area contributed by atoms with E-state index in [4.69, 9.17) is 11.6 Å². The van der Waals surface area contributed by atoms with E-state index < -0.39 is 42.1 Å². The van der Waals surface area contributed by atoms with Crippen LogP contribution in [0.15, 0.2) is 42.7 Å². The van der Waals surface area contributed by atoms with Crippen LogP contribution in [-0.2, 0) is 12.2 Å². The van der Waals surface area contributed by atoms with Crippen LogP contribution in [0.4, 0.5) is 36.4 Å². The Morgan fingerprint density at radius 1 is 1.06 bits per heavy atom. The van der Waals surface area contributed by atoms with Gasteiger partial charge in [-0.3, -0.25) is 9.59 Å². The first-order valence-corrected chi connectivity index (χ1v) is 16.1. The summed E-state index contributed by atoms with van der Waals surface area (Å²) in [4.78, 5) is 31.4. The van der Waals surface area contributed by atoms with Crippen molar-refractivity contribution in [1.29, 1.82) is 0 Å². The van der Waals surface area contributed by atoms with Crippen molar-refractivity contribution >= 4 is 63.5 Å². The Hall–Kier alpha value is -3.46. The molecule has 0 saturated carbocycles. The fraction of sp³-hybridized carbons (Fsp3) is 0.333. The van der Waals surface area contributed by atoms with Crippen molar-refractivity contribution in [3.8, 4) is 5.82 Å². The second kappa shape index (κ2) is 14.0. The van der Waals surface area contributed by atoms with Gasteiger partial charge in [-0.15, -0.1) is 0 Å². The van der Waals surface area contributed by atoms with Gasteiger partial charge in [0.25, 0.3) is 11.8 Å². The number of pyridine rings is 1. The number of aromatic nitrogens is 6. The molecule has 2 amide bonds. The molecule has 47 heavy (non-hydrogen) atoms. The molecule has 1 aromatic carbocycles. The zero-order valence-electron chi connectivity index (χ0n) is 24.3. The van der Waals surface area contributed by atoms with Crippen LogP contribution < -0.4 is 10.6 Å². The Labute approximate surface area is 285 Å². The number of rotatable bonds is 10. The standard InChI is InChI=1S/C27H23ClF7IN8O2S/c1-13-7-15(36)8-17(23(45)39-14(2)12-47-3)21(13)40-24(46)19-9-16(41-44(19)22-18(28)5-4-6-37-22)11-43-38-10-20(42-43)25(29,26(30,31)32)27(33,34)35/h4-10,14H,11-12H2,1-3H3,(H,39,45)(H,40,46)/t14-/m0/s1. The van der Waals surface area contributed by atoms with Crippen molar-refractivity contribution in [2.24, 2.45) is 0 Å². The second-order valence-corrected chi connectivity index (χ2v) is 12.6. The van der Waals surface area contributed by atoms with Gasteiger partial charge < -0.3 is 10.6 Å². The molecule has 3 aromatic heterocycles. The molecule has 1 atom stereocenters. The minimum atomic E-state index is -6.38. The summed E-state index contributed by atoms with van der Waals surface area (Å²) < 4.78 is 95.5. The highest BCUT2D eigenvalue weighted by Gasteiger charge is 2.75. The first-order chi connectivity index (χ1) is 21.9. The third-order valence-electron chi connectivity index (χ3n) is 6.48. The molecule has 0 unspecified atom stereocenters. The molecule has 0 aliphatic carbocycles. The predicted octanol–water partition coefficient (Wildman–Crippen LogP) is 6.50. The molecule has 0 spiro atoms. The number of anilines is 1. The third-order valence-corrected chi connectivity index (χ3v) is 8.24. The number of halogens is 9. The number of thioether (sulfide) groups is 1. The summed E-state index contributed by atoms with van der Waals surface area (Å²) in [5.41, 5.74) is -7.34. The lowest BCUT2D eigenvalue weighted by Gasteiger charge is -2.27. The molecule has 20 heteroatoms. The van der Waals surface area contributed by atoms with E-state index in [9.17, 15) is 40.3 Å². The minimum Gasteiger partial charge on any atom is -0.349 e. The molecule has 0 aliphatic rings. The number of aryl methyl sites for hydroxylation is 1. The quantitative estimate of drug-likeness (QED) is 0.139. The lowest BCUT2D eigenvalue weighted by atomic mass is 10.0. The smallest absolute Gasteiger partial charge is 0.349 e. The van der Waals surface area contributed by atoms with E-state index in [-0.39, 0.29) is 45.7 Å². The van der Waals surface area contributed by atoms with Gasteiger partial charge in [-0.2, -0.15) is 58.2 Å². The zero-order chi connectivity index (χ0) is 34.9. The number of nitrogens with zero attached hydrogens (tertiary/aromatic N) is 6. The van der Waals surface area contributed by atoms with E-state index >= 15 is 0 Å². The van der Waals surface area contributed by atoms with Crippen molar-refractivity contribution in [1.82, 2.24) is 35.1 Å². The van der Waals surface area contributed by atoms with Gasteiger partial charge in [0.05, 0.1) is 28.2 Å². The number of carbonyl (C=O) groups is 2. The zero-order valence-corrected chi connectivity index (χ0v) is 28.1. The average Bonchev–Trinajstić information content (AvgIpc) is 3.60. The van der Waals surface area contributed by atoms with Gasteiger partial charge in [-0.05, 0) is 78.6 Å². The average molecular weight is 819 g/mol. The van der Waals surface area contributed by atoms with Crippen LogP contribution in [0.3, 0.4) is 0 Å². The van der Waals surface area contributed by atoms with Crippen LogP contribution in [0.25, 0.3) is 5.82 Å². The summed E-state index contributed by atoms with van der Waals surface area (Å²) >= 11 is 9.85. The molecule has 0 saturated heterocycles. The number of carbonyl (C=O) groups excluding carboxylic acids is 2. The van der Waals surface area contributed by atoms with Gasteiger partial charge >= 0.3 is 18.0 Å². The second-order valence-electron chi connectivity index (χ2n) is 10.1. The Bertz CT molecular complexity index is 1780. The Morgan fingerprint density at radius 2 is 1.74 bits per heavy atom. The first kappa shape index (κ1) is 36.4. The fourth-order valence-corrected chi connectivity index (χ4v) is 5.91. The lowest BCUT2D eigenvalue weighted by molar-refractivity contribution is -0.350. The molecule has 252 valence electrons. The van der Waals surface area contributed by atoms with Crippen LogP contribution in [-0.4, -0.2) is 72.0 Å². The highest BCUT2D eigenvalue weighted by atomic mass is 127. The van der Waals surface area contributed by atoms with E-state index in [1.807, 2.05) is 35.8 Å². The summed E-state index contributed by atoms with van der Waals surface area (Å²) in [7, 11) is 0. The number of alkyl halides is 7. The van der Waals surface area contributed by atoms with Crippen LogP contribution in [0.5, 0.6) is 0 Å². The number of amides is 2. The molecule has 10 nitrogen and oxygen atoms in total. The van der Waals surface area contributed by atoms with E-state index in [0.29, 0.717) is 19.7 Å². The van der Waals surface area contributed by atoms with Gasteiger partial charge in [0.2, 0.25) is 0 Å². The molecule has 4 aromatic rings. The summed E-state index contributed by atoms with van der Waals surface area (Å²) in [6.07, 6.45) is -9.54. The van der Waals surface area contributed by atoms with E-state index in [2.05, 4.69) is 30.9 Å². The number of nitrogens with one attached hydrogen (secondary N) is 2. The number of hydrogen-bond donors (Lipinski definition) is 2. The van der Waals surface area contributed by atoms with Crippen molar-refractivity contribution in [2.75, 3.05) is 17.3 Å². The maximum absolute atomic E-state index is 14.5. The third kappa shape index (κ3) is 7.66. The van der Waals surface area contributed by atoms with Gasteiger partial charge in [-0.25, -0.2) is 14.1 Å². The predicted molar refractivity (Wildman–Crippen MR) is 168 cm³/mol. The van der Waals surface area contributed by atoms with Gasteiger partial charge in [-0.1, -0.05) is 11.6 Å². The molecule has 0 bridgehead atoms. The summed E-state index contributed by atoms with van der Waals surface area (Å²) in [6.45, 7) is 2.81. The number of hydrogen-bond acceptors (Lipinski definition) is 7. The monoisotopic (exact) mass is 818 g/mol. The van der Waals surface area contributed by atoms with E-state index in [1.54, 1.807) is 19.1 Å². The molecular weight excluding hydrogens is 796 g/mol. The molecule has 4 rings (SSSR count). The Kier molecular flexibility index (Phi) is 10.8. The van der Waals surface area contributed by atoms with Crippen LogP contribution in [0, 0.1) is 10.5 Å². The van der Waals surface area contributed by atoms with E-state index in [1.165, 1.54) is 30.1 Å². The SMILES string of the molecule is CSC[C@H](C)NC(=O)c1cc(I)cc(C)c1NC(=O)c1cc(Cn2ncc(C(F)(C(F)(F)F)C(F)(F)F)n2)nn1-c1ncccc1Cl. The van der Waals surface area contributed by atoms with Gasteiger partial charge in [0, 0.05) is 21.6 Å². The van der Waals surface area contributed by atoms with Crippen molar-refractivity contribution in [3.63, 3.8) is 0 Å². The molecular formula is C27H23ClF7IN8O2S. The van der Waals surface area contributed by atoms with Gasteiger partial charge in [0.15, 0.2) is 5.82 Å². The molecule has 0 radical (unpaired) electrons. The molecule has 0 fully saturated rings. The van der Waals surface area contributed by atoms with Crippen LogP contribution in [0.2, 0.25) is 5.02 Å². The number of benzene rings is 1. The van der Waals surface area contributed by atoms with Crippen molar-refractivity contribution < 1.29 is 40.3 Å². The minimum absolute atomic E-state index is 0.00734. The molecule has 0 aliphatic heterocycles. The van der Waals surface area contributed by atoms with Crippen LogP contribution >= 0.6 is 46.0 Å². The maximum atomic E-state index is 14.5. The highest BCUT2D eigenvalue weighted by molar-refractivity contribution is 14.1. The Morgan fingerprint density at radius 3 is 2.36 bits per heavy atom.